The lowest BCUT2D eigenvalue weighted by Gasteiger charge is -2.42. The molecule has 6 heteroatoms. The quantitative estimate of drug-likeness (QED) is 0.885. The molecule has 1 fully saturated rings. The Morgan fingerprint density at radius 3 is 2.70 bits per heavy atom. The number of aromatic carboxylic acids is 1. The number of carboxylic acid groups (broad SMARTS) is 1. The van der Waals surface area contributed by atoms with Gasteiger partial charge in [-0.05, 0) is 32.9 Å². The summed E-state index contributed by atoms with van der Waals surface area (Å²) >= 11 is 0. The van der Waals surface area contributed by atoms with Crippen LogP contribution in [0, 0.1) is 0 Å². The minimum absolute atomic E-state index is 0.0310. The van der Waals surface area contributed by atoms with Gasteiger partial charge in [-0.2, -0.15) is 0 Å². The maximum absolute atomic E-state index is 12.4. The molecule has 0 saturated carbocycles. The van der Waals surface area contributed by atoms with Crippen LogP contribution in [0.4, 0.5) is 0 Å². The van der Waals surface area contributed by atoms with Crippen LogP contribution in [0.2, 0.25) is 0 Å². The molecule has 0 radical (unpaired) electrons. The van der Waals surface area contributed by atoms with Crippen molar-refractivity contribution >= 4 is 11.9 Å². The lowest BCUT2D eigenvalue weighted by atomic mass is 10.0. The van der Waals surface area contributed by atoms with E-state index in [2.05, 4.69) is 4.98 Å². The van der Waals surface area contributed by atoms with Gasteiger partial charge in [-0.15, -0.1) is 0 Å². The summed E-state index contributed by atoms with van der Waals surface area (Å²) in [5.74, 6) is -1.26. The first kappa shape index (κ1) is 14.5. The van der Waals surface area contributed by atoms with Crippen molar-refractivity contribution in [2.75, 3.05) is 13.2 Å². The van der Waals surface area contributed by atoms with E-state index in [4.69, 9.17) is 9.84 Å². The second kappa shape index (κ2) is 5.20. The van der Waals surface area contributed by atoms with Crippen molar-refractivity contribution < 1.29 is 19.4 Å². The monoisotopic (exact) mass is 278 g/mol. The van der Waals surface area contributed by atoms with E-state index >= 15 is 0 Å². The molecule has 1 saturated heterocycles. The zero-order valence-corrected chi connectivity index (χ0v) is 11.8. The number of carbonyl (C=O) groups excluding carboxylic acids is 1. The van der Waals surface area contributed by atoms with Gasteiger partial charge in [0.05, 0.1) is 23.8 Å². The van der Waals surface area contributed by atoms with Crippen LogP contribution < -0.4 is 0 Å². The molecule has 1 N–H and O–H groups in total. The molecule has 0 aliphatic carbocycles. The van der Waals surface area contributed by atoms with E-state index in [-0.39, 0.29) is 28.8 Å². The number of hydrogen-bond acceptors (Lipinski definition) is 4. The van der Waals surface area contributed by atoms with Crippen LogP contribution in [-0.2, 0) is 4.74 Å². The highest BCUT2D eigenvalue weighted by atomic mass is 16.5. The predicted octanol–water partition coefficient (Wildman–Crippen LogP) is 1.42. The fourth-order valence-electron chi connectivity index (χ4n) is 2.11. The van der Waals surface area contributed by atoms with Crippen LogP contribution in [0.3, 0.4) is 0 Å². The Morgan fingerprint density at radius 1 is 1.45 bits per heavy atom. The van der Waals surface area contributed by atoms with Gasteiger partial charge in [0, 0.05) is 12.7 Å². The zero-order chi connectivity index (χ0) is 14.9. The first-order valence-electron chi connectivity index (χ1n) is 6.44. The van der Waals surface area contributed by atoms with Crippen LogP contribution in [0.1, 0.15) is 41.6 Å². The highest BCUT2D eigenvalue weighted by Crippen LogP contribution is 2.22. The van der Waals surface area contributed by atoms with Gasteiger partial charge < -0.3 is 14.7 Å². The lowest BCUT2D eigenvalue weighted by Crippen LogP contribution is -2.55. The molecule has 20 heavy (non-hydrogen) atoms. The Bertz CT molecular complexity index is 524. The molecule has 0 spiro atoms. The average molecular weight is 278 g/mol. The van der Waals surface area contributed by atoms with Crippen molar-refractivity contribution in [1.29, 1.82) is 0 Å². The third-order valence-electron chi connectivity index (χ3n) is 3.29. The van der Waals surface area contributed by atoms with E-state index in [1.54, 1.807) is 4.90 Å². The number of aromatic nitrogens is 1. The number of carboxylic acids is 1. The van der Waals surface area contributed by atoms with Crippen molar-refractivity contribution in [1.82, 2.24) is 9.88 Å². The minimum atomic E-state index is -1.06. The molecule has 2 heterocycles. The molecule has 6 nitrogen and oxygen atoms in total. The van der Waals surface area contributed by atoms with Crippen LogP contribution in [-0.4, -0.2) is 51.7 Å². The maximum Gasteiger partial charge on any atom is 0.337 e. The second-order valence-corrected chi connectivity index (χ2v) is 5.59. The standard InChI is InChI=1S/C14H18N2O4/c1-9-7-20-14(2,3)8-16(9)12(17)11-5-4-10(6-15-11)13(18)19/h4-6,9H,7-8H2,1-3H3,(H,18,19)/t9-/m0/s1. The molecule has 1 amide bonds. The highest BCUT2D eigenvalue weighted by Gasteiger charge is 2.35. The lowest BCUT2D eigenvalue weighted by molar-refractivity contribution is -0.0981. The zero-order valence-electron chi connectivity index (χ0n) is 11.8. The van der Waals surface area contributed by atoms with E-state index in [1.807, 2.05) is 20.8 Å². The van der Waals surface area contributed by atoms with Crippen LogP contribution in [0.25, 0.3) is 0 Å². The Balaban J connectivity index is 2.19. The van der Waals surface area contributed by atoms with Gasteiger partial charge in [0.15, 0.2) is 0 Å². The van der Waals surface area contributed by atoms with E-state index in [0.29, 0.717) is 13.2 Å². The fourth-order valence-corrected chi connectivity index (χ4v) is 2.11. The van der Waals surface area contributed by atoms with Crippen LogP contribution >= 0.6 is 0 Å². The Morgan fingerprint density at radius 2 is 2.15 bits per heavy atom. The number of rotatable bonds is 2. The predicted molar refractivity (Wildman–Crippen MR) is 71.7 cm³/mol. The minimum Gasteiger partial charge on any atom is -0.478 e. The second-order valence-electron chi connectivity index (χ2n) is 5.59. The number of amides is 1. The van der Waals surface area contributed by atoms with Gasteiger partial charge in [0.25, 0.3) is 5.91 Å². The first-order valence-corrected chi connectivity index (χ1v) is 6.44. The van der Waals surface area contributed by atoms with Gasteiger partial charge >= 0.3 is 5.97 Å². The summed E-state index contributed by atoms with van der Waals surface area (Å²) < 4.78 is 5.65. The summed E-state index contributed by atoms with van der Waals surface area (Å²) in [5.41, 5.74) is -0.0696. The summed E-state index contributed by atoms with van der Waals surface area (Å²) in [6.45, 7) is 6.74. The summed E-state index contributed by atoms with van der Waals surface area (Å²) in [4.78, 5) is 28.9. The first-order chi connectivity index (χ1) is 9.30. The van der Waals surface area contributed by atoms with Crippen molar-refractivity contribution in [3.63, 3.8) is 0 Å². The van der Waals surface area contributed by atoms with E-state index < -0.39 is 5.97 Å². The van der Waals surface area contributed by atoms with Gasteiger partial charge in [-0.25, -0.2) is 4.79 Å². The van der Waals surface area contributed by atoms with Crippen molar-refractivity contribution in [3.05, 3.63) is 29.6 Å². The smallest absolute Gasteiger partial charge is 0.337 e. The molecule has 0 bridgehead atoms. The van der Waals surface area contributed by atoms with Crippen molar-refractivity contribution in [2.45, 2.75) is 32.4 Å². The van der Waals surface area contributed by atoms with Crippen molar-refractivity contribution in [3.8, 4) is 0 Å². The molecule has 2 rings (SSSR count). The number of carbonyl (C=O) groups is 2. The molecule has 1 aromatic rings. The van der Waals surface area contributed by atoms with Crippen LogP contribution in [0.5, 0.6) is 0 Å². The molecule has 1 aliphatic heterocycles. The fraction of sp³-hybridized carbons (Fsp3) is 0.500. The Labute approximate surface area is 117 Å². The van der Waals surface area contributed by atoms with Gasteiger partial charge in [0.1, 0.15) is 5.69 Å². The number of ether oxygens (including phenoxy) is 1. The third kappa shape index (κ3) is 2.96. The summed E-state index contributed by atoms with van der Waals surface area (Å²) in [6.07, 6.45) is 1.20. The largest absolute Gasteiger partial charge is 0.478 e. The Kier molecular flexibility index (Phi) is 3.76. The summed E-state index contributed by atoms with van der Waals surface area (Å²) in [7, 11) is 0. The average Bonchev–Trinajstić information content (AvgIpc) is 2.41. The summed E-state index contributed by atoms with van der Waals surface area (Å²) in [5, 5.41) is 8.82. The highest BCUT2D eigenvalue weighted by molar-refractivity contribution is 5.94. The summed E-state index contributed by atoms with van der Waals surface area (Å²) in [6, 6.07) is 2.80. The maximum atomic E-state index is 12.4. The normalized spacial score (nSPS) is 21.6. The van der Waals surface area contributed by atoms with Crippen LogP contribution in [0.15, 0.2) is 18.3 Å². The van der Waals surface area contributed by atoms with E-state index in [1.165, 1.54) is 18.3 Å². The molecular weight excluding hydrogens is 260 g/mol. The van der Waals surface area contributed by atoms with Crippen molar-refractivity contribution in [2.24, 2.45) is 0 Å². The van der Waals surface area contributed by atoms with Gasteiger partial charge in [-0.1, -0.05) is 0 Å². The molecular formula is C14H18N2O4. The molecule has 108 valence electrons. The molecule has 1 aliphatic rings. The molecule has 1 atom stereocenters. The number of pyridine rings is 1. The SMILES string of the molecule is C[C@H]1COC(C)(C)CN1C(=O)c1ccc(C(=O)O)cn1. The topological polar surface area (TPSA) is 79.7 Å². The third-order valence-corrected chi connectivity index (χ3v) is 3.29. The Hall–Kier alpha value is -1.95. The number of morpholine rings is 1. The van der Waals surface area contributed by atoms with Gasteiger partial charge in [0.2, 0.25) is 0 Å². The number of hydrogen-bond donors (Lipinski definition) is 1. The molecule has 0 aromatic carbocycles. The van der Waals surface area contributed by atoms with E-state index in [0.717, 1.165) is 0 Å². The van der Waals surface area contributed by atoms with E-state index in [9.17, 15) is 9.59 Å². The number of nitrogens with zero attached hydrogens (tertiary/aromatic N) is 2. The molecule has 1 aromatic heterocycles. The molecule has 0 unspecified atom stereocenters. The van der Waals surface area contributed by atoms with Gasteiger partial charge in [-0.3, -0.25) is 9.78 Å².